The van der Waals surface area contributed by atoms with Gasteiger partial charge < -0.3 is 15.1 Å². The number of rotatable bonds is 6. The third-order valence-electron chi connectivity index (χ3n) is 5.28. The lowest BCUT2D eigenvalue weighted by molar-refractivity contribution is 0.153. The van der Waals surface area contributed by atoms with E-state index in [0.717, 1.165) is 56.4 Å². The second kappa shape index (κ2) is 12.4. The maximum Gasteiger partial charge on any atom is 0.193 e. The molecule has 1 atom stereocenters. The van der Waals surface area contributed by atoms with Gasteiger partial charge in [0.1, 0.15) is 0 Å². The molecule has 2 aliphatic heterocycles. The maximum atomic E-state index is 4.55. The van der Waals surface area contributed by atoms with Crippen molar-refractivity contribution in [3.63, 3.8) is 0 Å². The molecular weight excluding hydrogens is 437 g/mol. The molecule has 0 spiro atoms. The molecule has 0 radical (unpaired) electrons. The number of aliphatic imine (C=N–C) groups is 1. The lowest BCUT2D eigenvalue weighted by Crippen LogP contribution is -2.54. The third-order valence-corrected chi connectivity index (χ3v) is 5.28. The molecule has 2 rings (SSSR count). The third kappa shape index (κ3) is 8.30. The number of piperazine rings is 1. The van der Waals surface area contributed by atoms with Gasteiger partial charge in [-0.25, -0.2) is 0 Å². The normalized spacial score (nSPS) is 23.4. The van der Waals surface area contributed by atoms with Crippen LogP contribution in [0.3, 0.4) is 0 Å². The summed E-state index contributed by atoms with van der Waals surface area (Å²) in [5, 5.41) is 3.67. The van der Waals surface area contributed by atoms with Crippen LogP contribution in [0, 0.1) is 17.8 Å². The van der Waals surface area contributed by atoms with E-state index in [-0.39, 0.29) is 24.0 Å². The Morgan fingerprint density at radius 3 is 2.15 bits per heavy atom. The van der Waals surface area contributed by atoms with Crippen molar-refractivity contribution in [1.29, 1.82) is 0 Å². The summed E-state index contributed by atoms with van der Waals surface area (Å²) in [6.07, 6.45) is 2.69. The van der Waals surface area contributed by atoms with Crippen LogP contribution in [0.1, 0.15) is 40.5 Å². The highest BCUT2D eigenvalue weighted by atomic mass is 127. The van der Waals surface area contributed by atoms with Crippen LogP contribution < -0.4 is 5.32 Å². The minimum atomic E-state index is 0. The molecule has 1 unspecified atom stereocenters. The van der Waals surface area contributed by atoms with E-state index in [1.54, 1.807) is 0 Å². The number of nitrogens with one attached hydrogen (secondary N) is 1. The minimum Gasteiger partial charge on any atom is -0.356 e. The van der Waals surface area contributed by atoms with Crippen LogP contribution in [0.2, 0.25) is 0 Å². The highest BCUT2D eigenvalue weighted by molar-refractivity contribution is 14.0. The first kappa shape index (κ1) is 24.0. The largest absolute Gasteiger partial charge is 0.356 e. The Kier molecular flexibility index (Phi) is 11.4. The molecular formula is C20H42IN5. The van der Waals surface area contributed by atoms with Crippen LogP contribution in [-0.2, 0) is 0 Å². The van der Waals surface area contributed by atoms with E-state index in [4.69, 9.17) is 0 Å². The molecule has 0 aromatic carbocycles. The van der Waals surface area contributed by atoms with Gasteiger partial charge in [0.2, 0.25) is 0 Å². The summed E-state index contributed by atoms with van der Waals surface area (Å²) in [5.74, 6) is 3.38. The highest BCUT2D eigenvalue weighted by Gasteiger charge is 2.23. The Morgan fingerprint density at radius 1 is 0.962 bits per heavy atom. The molecule has 154 valence electrons. The summed E-state index contributed by atoms with van der Waals surface area (Å²) in [5.41, 5.74) is 0. The number of halogens is 1. The highest BCUT2D eigenvalue weighted by Crippen LogP contribution is 2.17. The van der Waals surface area contributed by atoms with Crippen LogP contribution in [0.5, 0.6) is 0 Å². The summed E-state index contributed by atoms with van der Waals surface area (Å²) < 4.78 is 0. The Morgan fingerprint density at radius 2 is 1.58 bits per heavy atom. The molecule has 2 saturated heterocycles. The first-order valence-corrected chi connectivity index (χ1v) is 10.4. The average Bonchev–Trinajstić information content (AvgIpc) is 2.56. The van der Waals surface area contributed by atoms with Crippen LogP contribution in [0.4, 0.5) is 0 Å². The molecule has 1 N–H and O–H groups in total. The van der Waals surface area contributed by atoms with E-state index in [9.17, 15) is 0 Å². The number of guanidine groups is 1. The van der Waals surface area contributed by atoms with Gasteiger partial charge in [0.05, 0.1) is 0 Å². The van der Waals surface area contributed by atoms with Crippen LogP contribution in [0.25, 0.3) is 0 Å². The van der Waals surface area contributed by atoms with Crippen molar-refractivity contribution in [2.45, 2.75) is 40.5 Å². The van der Waals surface area contributed by atoms with Gasteiger partial charge in [0.25, 0.3) is 0 Å². The molecule has 0 aromatic heterocycles. The molecule has 2 fully saturated rings. The Labute approximate surface area is 179 Å². The topological polar surface area (TPSA) is 34.1 Å². The standard InChI is InChI=1S/C20H41N5.HI/c1-17(2)14-23-9-11-25(12-10-23)20(21-5)22-13-19-7-6-8-24(16-19)15-18(3)4;/h17-19H,6-16H2,1-5H3,(H,21,22);1H. The van der Waals surface area contributed by atoms with Crippen molar-refractivity contribution in [1.82, 2.24) is 20.0 Å². The Hall–Kier alpha value is -0.0800. The quantitative estimate of drug-likeness (QED) is 0.361. The van der Waals surface area contributed by atoms with E-state index in [1.807, 2.05) is 7.05 Å². The fourth-order valence-corrected chi connectivity index (χ4v) is 4.23. The SMILES string of the molecule is CN=C(NCC1CCCN(CC(C)C)C1)N1CCN(CC(C)C)CC1.I. The maximum absolute atomic E-state index is 4.55. The second-order valence-electron chi connectivity index (χ2n) is 8.77. The van der Waals surface area contributed by atoms with Gasteiger partial charge in [0, 0.05) is 59.4 Å². The molecule has 2 heterocycles. The van der Waals surface area contributed by atoms with Gasteiger partial charge in [-0.15, -0.1) is 24.0 Å². The monoisotopic (exact) mass is 479 g/mol. The predicted octanol–water partition coefficient (Wildman–Crippen LogP) is 2.82. The molecule has 0 amide bonds. The Balaban J connectivity index is 0.00000338. The zero-order valence-electron chi connectivity index (χ0n) is 17.7. The first-order valence-electron chi connectivity index (χ1n) is 10.4. The summed E-state index contributed by atoms with van der Waals surface area (Å²) in [6.45, 7) is 19.8. The van der Waals surface area contributed by atoms with Gasteiger partial charge >= 0.3 is 0 Å². The number of likely N-dealkylation sites (tertiary alicyclic amines) is 1. The smallest absolute Gasteiger partial charge is 0.193 e. The van der Waals surface area contributed by atoms with Crippen molar-refractivity contribution >= 4 is 29.9 Å². The molecule has 0 aromatic rings. The fourth-order valence-electron chi connectivity index (χ4n) is 4.23. The number of nitrogens with zero attached hydrogens (tertiary/aromatic N) is 4. The minimum absolute atomic E-state index is 0. The van der Waals surface area contributed by atoms with Crippen molar-refractivity contribution < 1.29 is 0 Å². The molecule has 26 heavy (non-hydrogen) atoms. The van der Waals surface area contributed by atoms with Crippen LogP contribution in [-0.4, -0.2) is 86.6 Å². The lowest BCUT2D eigenvalue weighted by Gasteiger charge is -2.38. The first-order chi connectivity index (χ1) is 12.0. The molecule has 0 saturated carbocycles. The molecule has 6 heteroatoms. The molecule has 0 bridgehead atoms. The van der Waals surface area contributed by atoms with Crippen LogP contribution in [0.15, 0.2) is 4.99 Å². The van der Waals surface area contributed by atoms with E-state index < -0.39 is 0 Å². The molecule has 0 aliphatic carbocycles. The van der Waals surface area contributed by atoms with E-state index in [0.29, 0.717) is 0 Å². The lowest BCUT2D eigenvalue weighted by atomic mass is 9.97. The summed E-state index contributed by atoms with van der Waals surface area (Å²) >= 11 is 0. The second-order valence-corrected chi connectivity index (χ2v) is 8.77. The van der Waals surface area contributed by atoms with Gasteiger partial charge in [-0.3, -0.25) is 9.89 Å². The van der Waals surface area contributed by atoms with Crippen molar-refractivity contribution in [2.75, 3.05) is 66.0 Å². The average molecular weight is 479 g/mol. The van der Waals surface area contributed by atoms with Gasteiger partial charge in [-0.05, 0) is 37.1 Å². The molecule has 5 nitrogen and oxygen atoms in total. The summed E-state index contributed by atoms with van der Waals surface area (Å²) in [6, 6.07) is 0. The van der Waals surface area contributed by atoms with Crippen molar-refractivity contribution in [2.24, 2.45) is 22.7 Å². The number of hydrogen-bond donors (Lipinski definition) is 1. The Bertz CT molecular complexity index is 405. The summed E-state index contributed by atoms with van der Waals surface area (Å²) in [4.78, 5) is 12.2. The number of piperidine rings is 1. The van der Waals surface area contributed by atoms with E-state index in [2.05, 4.69) is 52.7 Å². The summed E-state index contributed by atoms with van der Waals surface area (Å²) in [7, 11) is 1.93. The van der Waals surface area contributed by atoms with Gasteiger partial charge in [-0.1, -0.05) is 27.7 Å². The number of hydrogen-bond acceptors (Lipinski definition) is 3. The van der Waals surface area contributed by atoms with Gasteiger partial charge in [-0.2, -0.15) is 0 Å². The zero-order chi connectivity index (χ0) is 18.2. The van der Waals surface area contributed by atoms with Crippen molar-refractivity contribution in [3.8, 4) is 0 Å². The van der Waals surface area contributed by atoms with E-state index in [1.165, 1.54) is 39.0 Å². The van der Waals surface area contributed by atoms with Crippen molar-refractivity contribution in [3.05, 3.63) is 0 Å². The zero-order valence-corrected chi connectivity index (χ0v) is 20.0. The van der Waals surface area contributed by atoms with Crippen LogP contribution >= 0.6 is 24.0 Å². The van der Waals surface area contributed by atoms with E-state index >= 15 is 0 Å². The molecule has 2 aliphatic rings. The van der Waals surface area contributed by atoms with Gasteiger partial charge in [0.15, 0.2) is 5.96 Å². The fraction of sp³-hybridized carbons (Fsp3) is 0.950. The predicted molar refractivity (Wildman–Crippen MR) is 124 cm³/mol.